The molecular weight excluding hydrogens is 196 g/mol. The lowest BCUT2D eigenvalue weighted by molar-refractivity contribution is 0.184. The molecule has 2 nitrogen and oxygen atoms in total. The third-order valence-corrected chi connectivity index (χ3v) is 4.18. The molecule has 16 heavy (non-hydrogen) atoms. The number of hydrogen-bond acceptors (Lipinski definition) is 2. The molecule has 1 aliphatic carbocycles. The lowest BCUT2D eigenvalue weighted by Gasteiger charge is -2.35. The normalized spacial score (nSPS) is 32.3. The number of hydrogen-bond donors (Lipinski definition) is 1. The fourth-order valence-electron chi connectivity index (χ4n) is 2.73. The van der Waals surface area contributed by atoms with Crippen molar-refractivity contribution in [2.24, 2.45) is 23.5 Å². The first kappa shape index (κ1) is 11.6. The lowest BCUT2D eigenvalue weighted by atomic mass is 9.73. The summed E-state index contributed by atoms with van der Waals surface area (Å²) < 4.78 is 0. The van der Waals surface area contributed by atoms with E-state index in [0.29, 0.717) is 5.92 Å². The van der Waals surface area contributed by atoms with Gasteiger partial charge in [0.15, 0.2) is 0 Å². The van der Waals surface area contributed by atoms with Crippen molar-refractivity contribution in [3.05, 3.63) is 30.1 Å². The first-order valence-electron chi connectivity index (χ1n) is 6.35. The highest BCUT2D eigenvalue weighted by Gasteiger charge is 2.29. The number of nitrogens with zero attached hydrogens (tertiary/aromatic N) is 1. The Morgan fingerprint density at radius 3 is 2.69 bits per heavy atom. The minimum absolute atomic E-state index is 0.121. The second kappa shape index (κ2) is 4.96. The second-order valence-corrected chi connectivity index (χ2v) is 5.31. The maximum Gasteiger partial charge on any atom is 0.0573 e. The van der Waals surface area contributed by atoms with E-state index in [2.05, 4.69) is 18.8 Å². The van der Waals surface area contributed by atoms with E-state index in [0.717, 1.165) is 17.5 Å². The van der Waals surface area contributed by atoms with Crippen molar-refractivity contribution in [3.8, 4) is 0 Å². The van der Waals surface area contributed by atoms with E-state index >= 15 is 0 Å². The van der Waals surface area contributed by atoms with Crippen molar-refractivity contribution in [2.75, 3.05) is 0 Å². The molecule has 0 saturated heterocycles. The Balaban J connectivity index is 2.03. The molecule has 4 unspecified atom stereocenters. The molecule has 0 radical (unpaired) electrons. The van der Waals surface area contributed by atoms with Gasteiger partial charge in [-0.15, -0.1) is 0 Å². The smallest absolute Gasteiger partial charge is 0.0573 e. The zero-order valence-electron chi connectivity index (χ0n) is 10.3. The Hall–Kier alpha value is -0.890. The molecule has 0 aliphatic heterocycles. The second-order valence-electron chi connectivity index (χ2n) is 5.31. The standard InChI is InChI=1S/C14H22N2/c1-10-6-7-12(9-11(10)2)14(15)13-5-3-4-8-16-13/h3-5,8,10-12,14H,6-7,9,15H2,1-2H3. The molecule has 0 bridgehead atoms. The van der Waals surface area contributed by atoms with Gasteiger partial charge in [0.1, 0.15) is 0 Å². The van der Waals surface area contributed by atoms with Crippen molar-refractivity contribution >= 4 is 0 Å². The van der Waals surface area contributed by atoms with E-state index in [1.165, 1.54) is 19.3 Å². The summed E-state index contributed by atoms with van der Waals surface area (Å²) >= 11 is 0. The van der Waals surface area contributed by atoms with Gasteiger partial charge in [0, 0.05) is 12.2 Å². The highest BCUT2D eigenvalue weighted by atomic mass is 14.8. The van der Waals surface area contributed by atoms with Crippen LogP contribution in [0.1, 0.15) is 44.8 Å². The van der Waals surface area contributed by atoms with Gasteiger partial charge >= 0.3 is 0 Å². The molecular formula is C14H22N2. The Kier molecular flexibility index (Phi) is 3.59. The molecule has 1 fully saturated rings. The summed E-state index contributed by atoms with van der Waals surface area (Å²) in [7, 11) is 0. The first-order valence-corrected chi connectivity index (χ1v) is 6.35. The maximum absolute atomic E-state index is 6.31. The van der Waals surface area contributed by atoms with Crippen molar-refractivity contribution in [2.45, 2.75) is 39.2 Å². The van der Waals surface area contributed by atoms with Crippen molar-refractivity contribution in [1.29, 1.82) is 0 Å². The zero-order valence-corrected chi connectivity index (χ0v) is 10.3. The zero-order chi connectivity index (χ0) is 11.5. The van der Waals surface area contributed by atoms with Crippen LogP contribution in [-0.2, 0) is 0 Å². The summed E-state index contributed by atoms with van der Waals surface area (Å²) in [6.45, 7) is 4.70. The molecule has 0 amide bonds. The van der Waals surface area contributed by atoms with Crippen LogP contribution in [0.5, 0.6) is 0 Å². The molecule has 1 saturated carbocycles. The first-order chi connectivity index (χ1) is 7.68. The Labute approximate surface area is 98.3 Å². The molecule has 4 atom stereocenters. The summed E-state index contributed by atoms with van der Waals surface area (Å²) in [5.74, 6) is 2.27. The number of nitrogens with two attached hydrogens (primary N) is 1. The van der Waals surface area contributed by atoms with Crippen LogP contribution in [-0.4, -0.2) is 4.98 Å². The fourth-order valence-corrected chi connectivity index (χ4v) is 2.73. The topological polar surface area (TPSA) is 38.9 Å². The highest BCUT2D eigenvalue weighted by Crippen LogP contribution is 2.38. The van der Waals surface area contributed by atoms with Gasteiger partial charge in [-0.1, -0.05) is 26.3 Å². The minimum Gasteiger partial charge on any atom is -0.322 e. The molecule has 88 valence electrons. The van der Waals surface area contributed by atoms with Crippen LogP contribution in [0.2, 0.25) is 0 Å². The lowest BCUT2D eigenvalue weighted by Crippen LogP contribution is -2.29. The molecule has 1 heterocycles. The molecule has 1 aliphatic rings. The quantitative estimate of drug-likeness (QED) is 0.828. The molecule has 2 N–H and O–H groups in total. The molecule has 1 aromatic heterocycles. The van der Waals surface area contributed by atoms with Crippen molar-refractivity contribution in [1.82, 2.24) is 4.98 Å². The van der Waals surface area contributed by atoms with Crippen LogP contribution >= 0.6 is 0 Å². The van der Waals surface area contributed by atoms with E-state index in [4.69, 9.17) is 5.73 Å². The van der Waals surface area contributed by atoms with E-state index in [1.807, 2.05) is 24.4 Å². The third kappa shape index (κ3) is 2.43. The average molecular weight is 218 g/mol. The van der Waals surface area contributed by atoms with Crippen molar-refractivity contribution < 1.29 is 0 Å². The summed E-state index contributed by atoms with van der Waals surface area (Å²) in [5, 5.41) is 0. The van der Waals surface area contributed by atoms with Crippen LogP contribution in [0.25, 0.3) is 0 Å². The van der Waals surface area contributed by atoms with Crippen LogP contribution < -0.4 is 5.73 Å². The van der Waals surface area contributed by atoms with Crippen molar-refractivity contribution in [3.63, 3.8) is 0 Å². The van der Waals surface area contributed by atoms with Gasteiger partial charge in [-0.3, -0.25) is 4.98 Å². The van der Waals surface area contributed by atoms with Gasteiger partial charge in [-0.2, -0.15) is 0 Å². The Bertz CT molecular complexity index is 323. The predicted molar refractivity (Wildman–Crippen MR) is 66.8 cm³/mol. The summed E-state index contributed by atoms with van der Waals surface area (Å²) in [4.78, 5) is 4.37. The number of pyridine rings is 1. The van der Waals surface area contributed by atoms with Crippen LogP contribution in [0.4, 0.5) is 0 Å². The maximum atomic E-state index is 6.31. The van der Waals surface area contributed by atoms with Crippen LogP contribution in [0.15, 0.2) is 24.4 Å². The number of aromatic nitrogens is 1. The van der Waals surface area contributed by atoms with E-state index in [9.17, 15) is 0 Å². The van der Waals surface area contributed by atoms with Gasteiger partial charge in [-0.05, 0) is 42.7 Å². The summed E-state index contributed by atoms with van der Waals surface area (Å²) in [6.07, 6.45) is 5.65. The fraction of sp³-hybridized carbons (Fsp3) is 0.643. The Morgan fingerprint density at radius 1 is 1.25 bits per heavy atom. The molecule has 0 aromatic carbocycles. The highest BCUT2D eigenvalue weighted by molar-refractivity contribution is 5.09. The van der Waals surface area contributed by atoms with E-state index in [-0.39, 0.29) is 6.04 Å². The Morgan fingerprint density at radius 2 is 2.06 bits per heavy atom. The number of rotatable bonds is 2. The SMILES string of the molecule is CC1CCC(C(N)c2ccccn2)CC1C. The van der Waals surface area contributed by atoms with Crippen LogP contribution in [0.3, 0.4) is 0 Å². The van der Waals surface area contributed by atoms with Gasteiger partial charge in [0.25, 0.3) is 0 Å². The molecule has 0 spiro atoms. The average Bonchev–Trinajstić information content (AvgIpc) is 2.33. The van der Waals surface area contributed by atoms with Gasteiger partial charge in [0.05, 0.1) is 5.69 Å². The summed E-state index contributed by atoms with van der Waals surface area (Å²) in [6, 6.07) is 6.14. The largest absolute Gasteiger partial charge is 0.322 e. The minimum atomic E-state index is 0.121. The summed E-state index contributed by atoms with van der Waals surface area (Å²) in [5.41, 5.74) is 7.37. The van der Waals surface area contributed by atoms with E-state index < -0.39 is 0 Å². The molecule has 2 heteroatoms. The third-order valence-electron chi connectivity index (χ3n) is 4.18. The van der Waals surface area contributed by atoms with E-state index in [1.54, 1.807) is 0 Å². The van der Waals surface area contributed by atoms with Gasteiger partial charge < -0.3 is 5.73 Å². The molecule has 2 rings (SSSR count). The van der Waals surface area contributed by atoms with Crippen LogP contribution in [0, 0.1) is 17.8 Å². The van der Waals surface area contributed by atoms with Gasteiger partial charge in [0.2, 0.25) is 0 Å². The predicted octanol–water partition coefficient (Wildman–Crippen LogP) is 3.15. The van der Waals surface area contributed by atoms with Gasteiger partial charge in [-0.25, -0.2) is 0 Å². The monoisotopic (exact) mass is 218 g/mol. The molecule has 1 aromatic rings.